The van der Waals surface area contributed by atoms with Crippen LogP contribution in [0.5, 0.6) is 0 Å². The molecule has 0 bridgehead atoms. The molecule has 1 N–H and O–H groups in total. The van der Waals surface area contributed by atoms with Crippen LogP contribution in [0.25, 0.3) is 0 Å². The highest BCUT2D eigenvalue weighted by Gasteiger charge is 2.14. The maximum atomic E-state index is 3.73. The zero-order chi connectivity index (χ0) is 13.7. The van der Waals surface area contributed by atoms with Gasteiger partial charge in [-0.3, -0.25) is 0 Å². The largest absolute Gasteiger partial charge is 0.369 e. The van der Waals surface area contributed by atoms with E-state index in [-0.39, 0.29) is 0 Å². The molecule has 0 saturated carbocycles. The number of hydrogen-bond donors (Lipinski definition) is 1. The summed E-state index contributed by atoms with van der Waals surface area (Å²) < 4.78 is 1.22. The number of anilines is 1. The van der Waals surface area contributed by atoms with Crippen molar-refractivity contribution in [2.24, 2.45) is 0 Å². The lowest BCUT2D eigenvalue weighted by molar-refractivity contribution is 0.360. The van der Waals surface area contributed by atoms with E-state index >= 15 is 0 Å². The van der Waals surface area contributed by atoms with E-state index in [1.54, 1.807) is 0 Å². The monoisotopic (exact) mass is 325 g/mol. The maximum absolute atomic E-state index is 3.73. The molecule has 1 fully saturated rings. The Hall–Kier alpha value is -0.580. The highest BCUT2D eigenvalue weighted by atomic mass is 79.9. The standard InChI is InChI=1S/C15H24BrN3/c1-3-17-12-13-5-6-15(14(16)11-13)19-8-4-7-18(2)9-10-19/h5-6,11,17H,3-4,7-10,12H2,1-2H3. The Bertz CT molecular complexity index is 408. The molecule has 2 rings (SSSR count). The summed E-state index contributed by atoms with van der Waals surface area (Å²) in [5.41, 5.74) is 2.67. The van der Waals surface area contributed by atoms with Gasteiger partial charge in [-0.05, 0) is 60.2 Å². The molecule has 106 valence electrons. The Labute approximate surface area is 125 Å². The van der Waals surface area contributed by atoms with Crippen molar-refractivity contribution in [1.29, 1.82) is 0 Å². The van der Waals surface area contributed by atoms with E-state index in [4.69, 9.17) is 0 Å². The molecule has 0 unspecified atom stereocenters. The van der Waals surface area contributed by atoms with Crippen LogP contribution >= 0.6 is 15.9 Å². The van der Waals surface area contributed by atoms with Crippen molar-refractivity contribution >= 4 is 21.6 Å². The van der Waals surface area contributed by atoms with Crippen LogP contribution in [0.3, 0.4) is 0 Å². The van der Waals surface area contributed by atoms with Crippen molar-refractivity contribution < 1.29 is 0 Å². The minimum Gasteiger partial charge on any atom is -0.369 e. The quantitative estimate of drug-likeness (QED) is 0.918. The van der Waals surface area contributed by atoms with Gasteiger partial charge in [-0.15, -0.1) is 0 Å². The lowest BCUT2D eigenvalue weighted by Gasteiger charge is -2.24. The summed E-state index contributed by atoms with van der Waals surface area (Å²) >= 11 is 3.73. The summed E-state index contributed by atoms with van der Waals surface area (Å²) in [4.78, 5) is 4.90. The van der Waals surface area contributed by atoms with Crippen molar-refractivity contribution in [3.8, 4) is 0 Å². The van der Waals surface area contributed by atoms with Gasteiger partial charge in [0.2, 0.25) is 0 Å². The van der Waals surface area contributed by atoms with E-state index in [0.29, 0.717) is 0 Å². The normalized spacial score (nSPS) is 17.5. The number of halogens is 1. The number of hydrogen-bond acceptors (Lipinski definition) is 3. The van der Waals surface area contributed by atoms with Gasteiger partial charge < -0.3 is 15.1 Å². The summed E-state index contributed by atoms with van der Waals surface area (Å²) in [6.45, 7) is 8.70. The molecule has 1 heterocycles. The first-order chi connectivity index (χ1) is 9.20. The number of nitrogens with one attached hydrogen (secondary N) is 1. The average molecular weight is 326 g/mol. The van der Waals surface area contributed by atoms with Crippen molar-refractivity contribution in [2.75, 3.05) is 44.7 Å². The SMILES string of the molecule is CCNCc1ccc(N2CCCN(C)CC2)c(Br)c1. The molecule has 4 heteroatoms. The second-order valence-electron chi connectivity index (χ2n) is 5.21. The molecule has 1 aromatic carbocycles. The van der Waals surface area contributed by atoms with Crippen LogP contribution in [-0.4, -0.2) is 44.7 Å². The van der Waals surface area contributed by atoms with E-state index in [0.717, 1.165) is 32.7 Å². The average Bonchev–Trinajstić information content (AvgIpc) is 2.61. The van der Waals surface area contributed by atoms with Crippen LogP contribution in [0.1, 0.15) is 18.9 Å². The third-order valence-electron chi connectivity index (χ3n) is 3.65. The van der Waals surface area contributed by atoms with Gasteiger partial charge in [0.15, 0.2) is 0 Å². The lowest BCUT2D eigenvalue weighted by atomic mass is 10.2. The van der Waals surface area contributed by atoms with Gasteiger partial charge in [0.1, 0.15) is 0 Å². The molecule has 0 radical (unpaired) electrons. The number of likely N-dealkylation sites (N-methyl/N-ethyl adjacent to an activating group) is 1. The smallest absolute Gasteiger partial charge is 0.0511 e. The highest BCUT2D eigenvalue weighted by molar-refractivity contribution is 9.10. The van der Waals surface area contributed by atoms with Crippen LogP contribution < -0.4 is 10.2 Å². The second kappa shape index (κ2) is 7.27. The molecule has 3 nitrogen and oxygen atoms in total. The highest BCUT2D eigenvalue weighted by Crippen LogP contribution is 2.28. The topological polar surface area (TPSA) is 18.5 Å². The summed E-state index contributed by atoms with van der Waals surface area (Å²) in [5, 5.41) is 3.37. The molecule has 1 aliphatic heterocycles. The second-order valence-corrected chi connectivity index (χ2v) is 6.06. The van der Waals surface area contributed by atoms with Crippen LogP contribution in [0.4, 0.5) is 5.69 Å². The number of rotatable bonds is 4. The van der Waals surface area contributed by atoms with Crippen molar-refractivity contribution in [3.63, 3.8) is 0 Å². The fourth-order valence-corrected chi connectivity index (χ4v) is 3.15. The minimum atomic E-state index is 0.943. The Morgan fingerprint density at radius 2 is 2.05 bits per heavy atom. The molecule has 0 aromatic heterocycles. The first kappa shape index (κ1) is 14.8. The zero-order valence-electron chi connectivity index (χ0n) is 12.0. The maximum Gasteiger partial charge on any atom is 0.0511 e. The van der Waals surface area contributed by atoms with Crippen LogP contribution in [0.15, 0.2) is 22.7 Å². The van der Waals surface area contributed by atoms with Crippen molar-refractivity contribution in [3.05, 3.63) is 28.2 Å². The third kappa shape index (κ3) is 4.20. The van der Waals surface area contributed by atoms with Gasteiger partial charge in [-0.1, -0.05) is 13.0 Å². The molecule has 19 heavy (non-hydrogen) atoms. The van der Waals surface area contributed by atoms with E-state index < -0.39 is 0 Å². The molecule has 1 aromatic rings. The van der Waals surface area contributed by atoms with Gasteiger partial charge in [-0.2, -0.15) is 0 Å². The van der Waals surface area contributed by atoms with Gasteiger partial charge in [0.25, 0.3) is 0 Å². The minimum absolute atomic E-state index is 0.943. The molecule has 0 atom stereocenters. The van der Waals surface area contributed by atoms with Crippen LogP contribution in [0.2, 0.25) is 0 Å². The molecule has 0 aliphatic carbocycles. The van der Waals surface area contributed by atoms with Gasteiger partial charge in [0, 0.05) is 30.7 Å². The first-order valence-electron chi connectivity index (χ1n) is 7.13. The molecule has 1 aliphatic rings. The van der Waals surface area contributed by atoms with E-state index in [1.807, 2.05) is 0 Å². The third-order valence-corrected chi connectivity index (χ3v) is 4.29. The number of nitrogens with zero attached hydrogens (tertiary/aromatic N) is 2. The van der Waals surface area contributed by atoms with E-state index in [2.05, 4.69) is 63.2 Å². The Morgan fingerprint density at radius 1 is 1.21 bits per heavy atom. The number of benzene rings is 1. The Balaban J connectivity index is 2.07. The van der Waals surface area contributed by atoms with Crippen LogP contribution in [-0.2, 0) is 6.54 Å². The van der Waals surface area contributed by atoms with Gasteiger partial charge in [0.05, 0.1) is 5.69 Å². The zero-order valence-corrected chi connectivity index (χ0v) is 13.5. The van der Waals surface area contributed by atoms with Gasteiger partial charge in [-0.25, -0.2) is 0 Å². The summed E-state index contributed by atoms with van der Waals surface area (Å²) in [6, 6.07) is 6.73. The fraction of sp³-hybridized carbons (Fsp3) is 0.600. The van der Waals surface area contributed by atoms with Gasteiger partial charge >= 0.3 is 0 Å². The van der Waals surface area contributed by atoms with Crippen molar-refractivity contribution in [1.82, 2.24) is 10.2 Å². The lowest BCUT2D eigenvalue weighted by Crippen LogP contribution is -2.29. The van der Waals surface area contributed by atoms with E-state index in [1.165, 1.54) is 28.7 Å². The predicted octanol–water partition coefficient (Wildman–Crippen LogP) is 2.70. The summed E-state index contributed by atoms with van der Waals surface area (Å²) in [7, 11) is 2.21. The summed E-state index contributed by atoms with van der Waals surface area (Å²) in [5.74, 6) is 0. The molecule has 1 saturated heterocycles. The molecular formula is C15H24BrN3. The predicted molar refractivity (Wildman–Crippen MR) is 85.8 cm³/mol. The Kier molecular flexibility index (Phi) is 5.67. The fourth-order valence-electron chi connectivity index (χ4n) is 2.47. The first-order valence-corrected chi connectivity index (χ1v) is 7.92. The van der Waals surface area contributed by atoms with E-state index in [9.17, 15) is 0 Å². The molecule has 0 amide bonds. The Morgan fingerprint density at radius 3 is 2.79 bits per heavy atom. The molecular weight excluding hydrogens is 302 g/mol. The van der Waals surface area contributed by atoms with Crippen molar-refractivity contribution in [2.45, 2.75) is 19.9 Å². The summed E-state index contributed by atoms with van der Waals surface area (Å²) in [6.07, 6.45) is 1.24. The molecule has 0 spiro atoms. The van der Waals surface area contributed by atoms with Crippen LogP contribution in [0, 0.1) is 0 Å².